The second-order valence-corrected chi connectivity index (χ2v) is 14.0. The van der Waals surface area contributed by atoms with Crippen molar-refractivity contribution in [2.45, 2.75) is 66.1 Å². The van der Waals surface area contributed by atoms with Crippen LogP contribution in [0.4, 0.5) is 9.93 Å². The van der Waals surface area contributed by atoms with E-state index in [4.69, 9.17) is 19.2 Å². The van der Waals surface area contributed by atoms with Gasteiger partial charge >= 0.3 is 12.1 Å². The van der Waals surface area contributed by atoms with Crippen molar-refractivity contribution in [3.8, 4) is 17.0 Å². The quantitative estimate of drug-likeness (QED) is 0.304. The molecule has 1 amide bonds. The third-order valence-electron chi connectivity index (χ3n) is 9.10. The van der Waals surface area contributed by atoms with Gasteiger partial charge in [-0.2, -0.15) is 0 Å². The summed E-state index contributed by atoms with van der Waals surface area (Å²) < 4.78 is 17.3. The first-order valence-corrected chi connectivity index (χ1v) is 16.0. The van der Waals surface area contributed by atoms with Crippen LogP contribution in [-0.2, 0) is 33.7 Å². The van der Waals surface area contributed by atoms with Crippen LogP contribution >= 0.6 is 11.3 Å². The lowest BCUT2D eigenvalue weighted by atomic mass is 9.94. The fraction of sp³-hybridized carbons (Fsp3) is 0.500. The molecule has 43 heavy (non-hydrogen) atoms. The summed E-state index contributed by atoms with van der Waals surface area (Å²) in [6.07, 6.45) is 2.26. The summed E-state index contributed by atoms with van der Waals surface area (Å²) in [4.78, 5) is 34.1. The summed E-state index contributed by atoms with van der Waals surface area (Å²) in [5.41, 5.74) is 7.00. The number of aromatic nitrogens is 1. The van der Waals surface area contributed by atoms with Crippen LogP contribution in [-0.4, -0.2) is 60.8 Å². The Bertz CT molecular complexity index is 1560. The Morgan fingerprint density at radius 2 is 1.91 bits per heavy atom. The molecule has 0 radical (unpaired) electrons. The van der Waals surface area contributed by atoms with E-state index < -0.39 is 5.60 Å². The van der Waals surface area contributed by atoms with Gasteiger partial charge in [-0.1, -0.05) is 24.3 Å². The normalized spacial score (nSPS) is 21.1. The molecular formula is C34H41N3O5S. The lowest BCUT2D eigenvalue weighted by Crippen LogP contribution is -2.38. The van der Waals surface area contributed by atoms with Crippen LogP contribution in [0, 0.1) is 25.2 Å². The molecule has 3 aromatic rings. The lowest BCUT2D eigenvalue weighted by Gasteiger charge is -2.26. The number of esters is 1. The lowest BCUT2D eigenvalue weighted by molar-refractivity contribution is -0.146. The summed E-state index contributed by atoms with van der Waals surface area (Å²) in [5.74, 6) is 1.09. The van der Waals surface area contributed by atoms with Gasteiger partial charge in [0.15, 0.2) is 5.13 Å². The van der Waals surface area contributed by atoms with Crippen molar-refractivity contribution in [1.29, 1.82) is 0 Å². The fourth-order valence-corrected chi connectivity index (χ4v) is 7.44. The van der Waals surface area contributed by atoms with Crippen molar-refractivity contribution in [3.05, 3.63) is 63.5 Å². The number of hydrogen-bond acceptors (Lipinski definition) is 8. The first kappa shape index (κ1) is 29.5. The second-order valence-electron chi connectivity index (χ2n) is 13.1. The summed E-state index contributed by atoms with van der Waals surface area (Å²) >= 11 is 1.61. The zero-order valence-corrected chi connectivity index (χ0v) is 26.8. The summed E-state index contributed by atoms with van der Waals surface area (Å²) in [6.45, 7) is 13.2. The van der Waals surface area contributed by atoms with Gasteiger partial charge in [0.05, 0.1) is 18.2 Å². The third-order valence-corrected chi connectivity index (χ3v) is 10.0. The van der Waals surface area contributed by atoms with E-state index >= 15 is 0 Å². The number of ether oxygens (including phenoxy) is 3. The largest absolute Gasteiger partial charge is 0.488 e. The number of fused-ring (bicyclic) bond motifs is 2. The molecule has 2 aliphatic heterocycles. The Balaban J connectivity index is 1.16. The third kappa shape index (κ3) is 5.71. The number of amides is 1. The van der Waals surface area contributed by atoms with E-state index in [-0.39, 0.29) is 17.5 Å². The number of carbonyl (C=O) groups is 2. The molecule has 3 heterocycles. The highest BCUT2D eigenvalue weighted by Crippen LogP contribution is 2.59. The van der Waals surface area contributed by atoms with Gasteiger partial charge in [0.25, 0.3) is 0 Å². The smallest absolute Gasteiger partial charge is 0.410 e. The Morgan fingerprint density at radius 1 is 1.12 bits per heavy atom. The maximum Gasteiger partial charge on any atom is 0.410 e. The van der Waals surface area contributed by atoms with Crippen molar-refractivity contribution >= 4 is 28.5 Å². The molecular weight excluding hydrogens is 562 g/mol. The van der Waals surface area contributed by atoms with E-state index in [1.54, 1.807) is 11.3 Å². The molecule has 1 saturated carbocycles. The number of aryl methyl sites for hydroxylation is 1. The number of carbonyl (C=O) groups excluding carboxylic acids is 2. The van der Waals surface area contributed by atoms with Crippen LogP contribution < -0.4 is 9.64 Å². The van der Waals surface area contributed by atoms with Crippen LogP contribution in [0.3, 0.4) is 0 Å². The first-order valence-electron chi connectivity index (χ1n) is 15.1. The Labute approximate surface area is 258 Å². The highest BCUT2D eigenvalue weighted by atomic mass is 32.1. The van der Waals surface area contributed by atoms with Gasteiger partial charge in [-0.3, -0.25) is 4.79 Å². The van der Waals surface area contributed by atoms with E-state index in [1.807, 2.05) is 31.7 Å². The standard InChI is InChI=1S/C34H41N3O5S/c1-21-8-7-9-27(28-19-43-31(35-28)37-17-25-16-34(25,20-37)30(38)40-6)29(21)41-18-24-11-10-23-12-14-36(15-13-26(23)22(24)2)32(39)42-33(3,4)5/h7-11,19,25H,12-18,20H2,1-6H3/t25-,34-/m0/s1. The molecule has 3 aliphatic rings. The number of para-hydroxylation sites is 1. The molecule has 6 rings (SSSR count). The summed E-state index contributed by atoms with van der Waals surface area (Å²) in [6, 6.07) is 10.5. The van der Waals surface area contributed by atoms with E-state index in [2.05, 4.69) is 48.4 Å². The number of hydrogen-bond donors (Lipinski definition) is 0. The van der Waals surface area contributed by atoms with Gasteiger partial charge in [0, 0.05) is 37.1 Å². The maximum atomic E-state index is 12.7. The molecule has 2 fully saturated rings. The summed E-state index contributed by atoms with van der Waals surface area (Å²) in [5, 5.41) is 3.01. The molecule has 0 N–H and O–H groups in total. The number of methoxy groups -OCH3 is 1. The van der Waals surface area contributed by atoms with Gasteiger partial charge in [0.1, 0.15) is 18.0 Å². The highest BCUT2D eigenvalue weighted by Gasteiger charge is 2.66. The minimum Gasteiger partial charge on any atom is -0.488 e. The van der Waals surface area contributed by atoms with Crippen LogP contribution in [0.25, 0.3) is 11.3 Å². The molecule has 0 spiro atoms. The summed E-state index contributed by atoms with van der Waals surface area (Å²) in [7, 11) is 1.48. The van der Waals surface area contributed by atoms with E-state index in [0.717, 1.165) is 59.1 Å². The van der Waals surface area contributed by atoms with Crippen molar-refractivity contribution in [2.24, 2.45) is 11.3 Å². The van der Waals surface area contributed by atoms with E-state index in [1.165, 1.54) is 23.8 Å². The Morgan fingerprint density at radius 3 is 2.67 bits per heavy atom. The minimum atomic E-state index is -0.507. The van der Waals surface area contributed by atoms with Crippen molar-refractivity contribution in [2.75, 3.05) is 38.2 Å². The molecule has 2 atom stereocenters. The second kappa shape index (κ2) is 11.2. The van der Waals surface area contributed by atoms with Crippen molar-refractivity contribution in [3.63, 3.8) is 0 Å². The van der Waals surface area contributed by atoms with Crippen LogP contribution in [0.15, 0.2) is 35.7 Å². The van der Waals surface area contributed by atoms with Gasteiger partial charge in [-0.25, -0.2) is 9.78 Å². The maximum absolute atomic E-state index is 12.7. The number of rotatable bonds is 6. The molecule has 2 aromatic carbocycles. The van der Waals surface area contributed by atoms with E-state index in [0.29, 0.717) is 32.2 Å². The Hall–Kier alpha value is -3.59. The number of benzene rings is 2. The van der Waals surface area contributed by atoms with Crippen LogP contribution in [0.5, 0.6) is 5.75 Å². The first-order chi connectivity index (χ1) is 20.5. The highest BCUT2D eigenvalue weighted by molar-refractivity contribution is 7.14. The molecule has 9 heteroatoms. The van der Waals surface area contributed by atoms with Gasteiger partial charge < -0.3 is 24.0 Å². The molecule has 1 aliphatic carbocycles. The number of thiazole rings is 1. The predicted octanol–water partition coefficient (Wildman–Crippen LogP) is 6.34. The number of nitrogens with zero attached hydrogens (tertiary/aromatic N) is 3. The molecule has 0 unspecified atom stereocenters. The monoisotopic (exact) mass is 603 g/mol. The molecule has 228 valence electrons. The number of anilines is 1. The number of piperidine rings is 1. The molecule has 0 bridgehead atoms. The topological polar surface area (TPSA) is 81.2 Å². The average Bonchev–Trinajstić information content (AvgIpc) is 3.31. The van der Waals surface area contributed by atoms with Gasteiger partial charge in [0.2, 0.25) is 0 Å². The molecule has 1 aromatic heterocycles. The van der Waals surface area contributed by atoms with Crippen LogP contribution in [0.1, 0.15) is 55.0 Å². The SMILES string of the molecule is COC(=O)[C@]12C[C@H]1CN(c1nc(-c3cccc(C)c3OCc3ccc4c(c3C)CCN(C(=O)OC(C)(C)C)CC4)cs1)C2. The minimum absolute atomic E-state index is 0.0976. The Kier molecular flexibility index (Phi) is 7.65. The average molecular weight is 604 g/mol. The van der Waals surface area contributed by atoms with Gasteiger partial charge in [-0.15, -0.1) is 11.3 Å². The van der Waals surface area contributed by atoms with Crippen LogP contribution in [0.2, 0.25) is 0 Å². The van der Waals surface area contributed by atoms with Crippen molar-refractivity contribution < 1.29 is 23.8 Å². The van der Waals surface area contributed by atoms with Crippen molar-refractivity contribution in [1.82, 2.24) is 9.88 Å². The van der Waals surface area contributed by atoms with Gasteiger partial charge in [-0.05, 0) is 93.7 Å². The van der Waals surface area contributed by atoms with E-state index in [9.17, 15) is 9.59 Å². The fourth-order valence-electron chi connectivity index (χ4n) is 6.60. The molecule has 8 nitrogen and oxygen atoms in total. The zero-order chi connectivity index (χ0) is 30.5. The molecule has 1 saturated heterocycles. The zero-order valence-electron chi connectivity index (χ0n) is 26.0. The predicted molar refractivity (Wildman–Crippen MR) is 168 cm³/mol.